The lowest BCUT2D eigenvalue weighted by molar-refractivity contribution is 0.467. The third-order valence-corrected chi connectivity index (χ3v) is 4.89. The topological polar surface area (TPSA) is 86.6 Å². The number of hydrogen-bond acceptors (Lipinski definition) is 4. The molecule has 5 nitrogen and oxygen atoms in total. The van der Waals surface area contributed by atoms with Gasteiger partial charge in [-0.05, 0) is 63.7 Å². The summed E-state index contributed by atoms with van der Waals surface area (Å²) < 4.78 is 32.3. The Kier molecular flexibility index (Phi) is 5.28. The van der Waals surface area contributed by atoms with Crippen LogP contribution in [0.3, 0.4) is 0 Å². The maximum Gasteiger partial charge on any atom is 0.286 e. The van der Waals surface area contributed by atoms with Crippen LogP contribution >= 0.6 is 45.2 Å². The van der Waals surface area contributed by atoms with Crippen molar-refractivity contribution in [1.82, 2.24) is 0 Å². The van der Waals surface area contributed by atoms with E-state index in [1.54, 1.807) is 19.1 Å². The van der Waals surface area contributed by atoms with Gasteiger partial charge in [-0.25, -0.2) is 0 Å². The van der Waals surface area contributed by atoms with E-state index in [0.29, 0.717) is 12.8 Å². The third kappa shape index (κ3) is 4.10. The molecule has 1 aromatic carbocycles. The molecule has 0 saturated carbocycles. The Morgan fingerprint density at radius 2 is 1.82 bits per heavy atom. The van der Waals surface area contributed by atoms with Crippen LogP contribution in [0.25, 0.3) is 0 Å². The second-order valence-corrected chi connectivity index (χ2v) is 7.27. The highest BCUT2D eigenvalue weighted by Gasteiger charge is 2.21. The zero-order chi connectivity index (χ0) is 13.2. The third-order valence-electron chi connectivity index (χ3n) is 2.07. The first-order valence-electron chi connectivity index (χ1n) is 4.66. The number of rotatable bonds is 4. The normalized spacial score (nSPS) is 13.4. The van der Waals surface area contributed by atoms with Gasteiger partial charge in [0.25, 0.3) is 10.1 Å². The predicted octanol–water partition coefficient (Wildman–Crippen LogP) is 2.64. The minimum absolute atomic E-state index is 0.164. The van der Waals surface area contributed by atoms with E-state index in [4.69, 9.17) is 4.55 Å². The molecule has 0 spiro atoms. The highest BCUT2D eigenvalue weighted by molar-refractivity contribution is 14.1. The van der Waals surface area contributed by atoms with Gasteiger partial charge in [0.2, 0.25) is 0 Å². The maximum atomic E-state index is 11.0. The zero-order valence-electron chi connectivity index (χ0n) is 8.81. The summed E-state index contributed by atoms with van der Waals surface area (Å²) in [5.74, 6) is 0.164. The molecule has 1 aromatic rings. The molecule has 0 aromatic heterocycles. The number of hydrogen-bond donors (Lipinski definition) is 3. The average Bonchev–Trinajstić information content (AvgIpc) is 2.20. The van der Waals surface area contributed by atoms with E-state index in [9.17, 15) is 13.5 Å². The summed E-state index contributed by atoms with van der Waals surface area (Å²) in [6.07, 6.45) is 0.243. The van der Waals surface area contributed by atoms with Gasteiger partial charge in [-0.1, -0.05) is 6.92 Å². The van der Waals surface area contributed by atoms with Crippen LogP contribution in [0.1, 0.15) is 13.3 Å². The molecule has 0 fully saturated rings. The van der Waals surface area contributed by atoms with Crippen molar-refractivity contribution in [3.05, 3.63) is 19.3 Å². The predicted molar refractivity (Wildman–Crippen MR) is 82.8 cm³/mol. The van der Waals surface area contributed by atoms with Crippen LogP contribution in [0, 0.1) is 7.14 Å². The van der Waals surface area contributed by atoms with E-state index >= 15 is 0 Å². The van der Waals surface area contributed by atoms with E-state index < -0.39 is 15.5 Å². The van der Waals surface area contributed by atoms with E-state index in [0.717, 1.165) is 0 Å². The van der Waals surface area contributed by atoms with E-state index in [1.165, 1.54) is 0 Å². The average molecular weight is 483 g/mol. The fourth-order valence-corrected chi connectivity index (χ4v) is 3.70. The Morgan fingerprint density at radius 1 is 1.35 bits per heavy atom. The molecule has 1 atom stereocenters. The standard InChI is InChI=1S/C9H11I2NO4S/c1-2-8(17(14,15)16)12-5-3-6(10)9(13)7(11)4-5/h3-4,8,12-13H,2H2,1H3,(H,14,15,16). The van der Waals surface area contributed by atoms with Crippen molar-refractivity contribution < 1.29 is 18.1 Å². The lowest BCUT2D eigenvalue weighted by atomic mass is 10.3. The van der Waals surface area contributed by atoms with Gasteiger partial charge in [-0.15, -0.1) is 0 Å². The summed E-state index contributed by atoms with van der Waals surface area (Å²) >= 11 is 3.90. The number of anilines is 1. The Labute approximate surface area is 127 Å². The van der Waals surface area contributed by atoms with Gasteiger partial charge in [-0.2, -0.15) is 8.42 Å². The SMILES string of the molecule is CCC(Nc1cc(I)c(O)c(I)c1)S(=O)(=O)O. The minimum atomic E-state index is -4.13. The molecule has 1 rings (SSSR count). The molecule has 0 aliphatic rings. The van der Waals surface area contributed by atoms with Crippen molar-refractivity contribution in [1.29, 1.82) is 0 Å². The second-order valence-electron chi connectivity index (χ2n) is 3.34. The highest BCUT2D eigenvalue weighted by atomic mass is 127. The van der Waals surface area contributed by atoms with Crippen LogP contribution in [0.4, 0.5) is 5.69 Å². The van der Waals surface area contributed by atoms with Gasteiger partial charge < -0.3 is 10.4 Å². The first kappa shape index (κ1) is 15.2. The molecule has 0 saturated heterocycles. The van der Waals surface area contributed by atoms with E-state index in [-0.39, 0.29) is 12.2 Å². The van der Waals surface area contributed by atoms with Crippen LogP contribution in [0.5, 0.6) is 5.75 Å². The summed E-state index contributed by atoms with van der Waals surface area (Å²) in [4.78, 5) is 0. The van der Waals surface area contributed by atoms with Gasteiger partial charge in [-0.3, -0.25) is 4.55 Å². The fourth-order valence-electron chi connectivity index (χ4n) is 1.22. The summed E-state index contributed by atoms with van der Waals surface area (Å²) in [5, 5.41) is 11.2. The smallest absolute Gasteiger partial charge is 0.286 e. The lowest BCUT2D eigenvalue weighted by Crippen LogP contribution is -2.28. The second kappa shape index (κ2) is 5.89. The first-order valence-corrected chi connectivity index (χ1v) is 8.32. The summed E-state index contributed by atoms with van der Waals surface area (Å²) in [6.45, 7) is 1.65. The largest absolute Gasteiger partial charge is 0.506 e. The van der Waals surface area contributed by atoms with Gasteiger partial charge in [0.15, 0.2) is 5.37 Å². The molecule has 0 amide bonds. The summed E-state index contributed by atoms with van der Waals surface area (Å²) in [7, 11) is -4.13. The Bertz CT molecular complexity index is 495. The maximum absolute atomic E-state index is 11.0. The van der Waals surface area contributed by atoms with Crippen molar-refractivity contribution in [3.8, 4) is 5.75 Å². The number of aromatic hydroxyl groups is 1. The van der Waals surface area contributed by atoms with Crippen molar-refractivity contribution in [2.24, 2.45) is 0 Å². The Morgan fingerprint density at radius 3 is 2.18 bits per heavy atom. The van der Waals surface area contributed by atoms with Crippen LogP contribution < -0.4 is 5.32 Å². The lowest BCUT2D eigenvalue weighted by Gasteiger charge is -2.16. The minimum Gasteiger partial charge on any atom is -0.506 e. The number of phenols is 1. The fraction of sp³-hybridized carbons (Fsp3) is 0.333. The van der Waals surface area contributed by atoms with Gasteiger partial charge in [0, 0.05) is 5.69 Å². The number of phenolic OH excluding ortho intramolecular Hbond substituents is 1. The molecule has 0 heterocycles. The molecule has 96 valence electrons. The quantitative estimate of drug-likeness (QED) is 0.349. The van der Waals surface area contributed by atoms with Gasteiger partial charge >= 0.3 is 0 Å². The van der Waals surface area contributed by atoms with Crippen molar-refractivity contribution in [3.63, 3.8) is 0 Å². The monoisotopic (exact) mass is 483 g/mol. The van der Waals surface area contributed by atoms with Crippen LogP contribution in [0.2, 0.25) is 0 Å². The highest BCUT2D eigenvalue weighted by Crippen LogP contribution is 2.30. The Balaban J connectivity index is 3.03. The number of benzene rings is 1. The van der Waals surface area contributed by atoms with Crippen molar-refractivity contribution in [2.45, 2.75) is 18.7 Å². The number of halogens is 2. The molecular formula is C9H11I2NO4S. The van der Waals surface area contributed by atoms with E-state index in [1.807, 2.05) is 45.2 Å². The molecule has 0 radical (unpaired) electrons. The molecule has 8 heteroatoms. The number of nitrogens with one attached hydrogen (secondary N) is 1. The van der Waals surface area contributed by atoms with Crippen molar-refractivity contribution in [2.75, 3.05) is 5.32 Å². The Hall–Kier alpha value is 0.190. The van der Waals surface area contributed by atoms with Gasteiger partial charge in [0.05, 0.1) is 7.14 Å². The van der Waals surface area contributed by atoms with Crippen molar-refractivity contribution >= 4 is 61.0 Å². The van der Waals surface area contributed by atoms with Crippen LogP contribution in [0.15, 0.2) is 12.1 Å². The van der Waals surface area contributed by atoms with E-state index in [2.05, 4.69) is 5.32 Å². The first-order chi connectivity index (χ1) is 7.75. The summed E-state index contributed by atoms with van der Waals surface area (Å²) in [6, 6.07) is 3.23. The molecule has 0 aliphatic carbocycles. The van der Waals surface area contributed by atoms with Crippen LogP contribution in [-0.2, 0) is 10.1 Å². The molecule has 17 heavy (non-hydrogen) atoms. The molecule has 3 N–H and O–H groups in total. The molecular weight excluding hydrogens is 472 g/mol. The molecule has 0 bridgehead atoms. The molecule has 1 unspecified atom stereocenters. The molecule has 0 aliphatic heterocycles. The van der Waals surface area contributed by atoms with Crippen LogP contribution in [-0.4, -0.2) is 23.5 Å². The van der Waals surface area contributed by atoms with Gasteiger partial charge in [0.1, 0.15) is 5.75 Å². The zero-order valence-corrected chi connectivity index (χ0v) is 13.9. The summed E-state index contributed by atoms with van der Waals surface area (Å²) in [5.41, 5.74) is 0.543.